The number of ether oxygens (including phenoxy) is 2. The highest BCUT2D eigenvalue weighted by atomic mass is 35.5. The van der Waals surface area contributed by atoms with Crippen molar-refractivity contribution in [3.8, 4) is 11.5 Å². The predicted octanol–water partition coefficient (Wildman–Crippen LogP) is 5.20. The van der Waals surface area contributed by atoms with Crippen LogP contribution in [0.5, 0.6) is 11.5 Å². The molecule has 2 aromatic carbocycles. The van der Waals surface area contributed by atoms with E-state index >= 15 is 0 Å². The molecule has 0 saturated heterocycles. The van der Waals surface area contributed by atoms with Crippen LogP contribution in [0.25, 0.3) is 0 Å². The van der Waals surface area contributed by atoms with Gasteiger partial charge < -0.3 is 14.8 Å². The summed E-state index contributed by atoms with van der Waals surface area (Å²) in [6.07, 6.45) is 1.53. The van der Waals surface area contributed by atoms with E-state index < -0.39 is 5.82 Å². The highest BCUT2D eigenvalue weighted by molar-refractivity contribution is 6.42. The minimum atomic E-state index is -0.601. The van der Waals surface area contributed by atoms with E-state index in [0.717, 1.165) is 24.5 Å². The molecule has 0 aromatic heterocycles. The van der Waals surface area contributed by atoms with E-state index in [-0.39, 0.29) is 28.8 Å². The number of fused-ring (bicyclic) bond motifs is 1. The van der Waals surface area contributed by atoms with E-state index in [1.807, 2.05) is 0 Å². The predicted molar refractivity (Wildman–Crippen MR) is 106 cm³/mol. The molecule has 8 heteroatoms. The van der Waals surface area contributed by atoms with Crippen LogP contribution in [0.15, 0.2) is 47.5 Å². The van der Waals surface area contributed by atoms with Crippen molar-refractivity contribution in [3.63, 3.8) is 0 Å². The van der Waals surface area contributed by atoms with Crippen LogP contribution in [0.3, 0.4) is 0 Å². The standard InChI is InChI=1S/C20H15Cl3FNO3/c21-12-1-4-18(17(24)5-12)28-10-19(26)25-20-7-11(14(20)8-20)9-27-13-2-3-15(22)16(23)6-13/h1-6H,7-10H2,(H,25,26). The lowest BCUT2D eigenvalue weighted by atomic mass is 9.93. The van der Waals surface area contributed by atoms with E-state index in [4.69, 9.17) is 44.3 Å². The van der Waals surface area contributed by atoms with Crippen LogP contribution in [-0.2, 0) is 4.79 Å². The zero-order valence-corrected chi connectivity index (χ0v) is 16.8. The molecule has 2 aliphatic rings. The average molecular weight is 443 g/mol. The summed E-state index contributed by atoms with van der Waals surface area (Å²) < 4.78 is 24.6. The number of carbonyl (C=O) groups excluding carboxylic acids is 1. The van der Waals surface area contributed by atoms with Crippen LogP contribution in [0.1, 0.15) is 12.8 Å². The normalized spacial score (nSPS) is 19.6. The van der Waals surface area contributed by atoms with Crippen molar-refractivity contribution in [1.29, 1.82) is 0 Å². The summed E-state index contributed by atoms with van der Waals surface area (Å²) in [5.74, 6) is -0.263. The van der Waals surface area contributed by atoms with E-state index in [1.165, 1.54) is 17.7 Å². The van der Waals surface area contributed by atoms with Crippen molar-refractivity contribution < 1.29 is 18.7 Å². The van der Waals surface area contributed by atoms with Gasteiger partial charge in [0.25, 0.3) is 5.91 Å². The molecule has 4 rings (SSSR count). The molecule has 2 aromatic rings. The number of amides is 1. The molecular weight excluding hydrogens is 428 g/mol. The molecule has 0 spiro atoms. The zero-order valence-electron chi connectivity index (χ0n) is 14.5. The maximum absolute atomic E-state index is 13.7. The number of carbonyl (C=O) groups is 1. The molecule has 1 saturated carbocycles. The molecule has 1 amide bonds. The van der Waals surface area contributed by atoms with Crippen LogP contribution in [0, 0.1) is 5.82 Å². The molecular formula is C20H15Cl3FNO3. The molecule has 28 heavy (non-hydrogen) atoms. The van der Waals surface area contributed by atoms with Gasteiger partial charge in [-0.05, 0) is 54.3 Å². The maximum atomic E-state index is 13.7. The molecule has 1 atom stereocenters. The third kappa shape index (κ3) is 3.93. The first-order chi connectivity index (χ1) is 13.4. The fraction of sp³-hybridized carbons (Fsp3) is 0.250. The Hall–Kier alpha value is -1.95. The van der Waals surface area contributed by atoms with Gasteiger partial charge in [0, 0.05) is 11.1 Å². The number of nitrogens with one attached hydrogen (secondary N) is 1. The molecule has 146 valence electrons. The summed E-state index contributed by atoms with van der Waals surface area (Å²) >= 11 is 17.5. The second-order valence-electron chi connectivity index (χ2n) is 6.79. The summed E-state index contributed by atoms with van der Waals surface area (Å²) in [6.45, 7) is 0.181. The second-order valence-corrected chi connectivity index (χ2v) is 8.04. The number of hydrogen-bond donors (Lipinski definition) is 1. The van der Waals surface area contributed by atoms with Crippen molar-refractivity contribution >= 4 is 40.7 Å². The first kappa shape index (κ1) is 19.4. The molecule has 4 nitrogen and oxygen atoms in total. The van der Waals surface area contributed by atoms with E-state index in [0.29, 0.717) is 22.4 Å². The Kier molecular flexibility index (Phi) is 5.17. The topological polar surface area (TPSA) is 47.6 Å². The fourth-order valence-electron chi connectivity index (χ4n) is 3.33. The van der Waals surface area contributed by atoms with Crippen LogP contribution in [-0.4, -0.2) is 24.7 Å². The Morgan fingerprint density at radius 2 is 1.89 bits per heavy atom. The SMILES string of the molecule is O=C(COc1ccc(Cl)cc1F)NC12CC(COc3ccc(Cl)c(Cl)c3)=C1C2. The third-order valence-electron chi connectivity index (χ3n) is 4.81. The summed E-state index contributed by atoms with van der Waals surface area (Å²) in [5.41, 5.74) is 2.06. The summed E-state index contributed by atoms with van der Waals surface area (Å²) in [7, 11) is 0. The molecule has 1 fully saturated rings. The van der Waals surface area contributed by atoms with Gasteiger partial charge in [0.1, 0.15) is 12.4 Å². The van der Waals surface area contributed by atoms with Crippen molar-refractivity contribution in [2.75, 3.05) is 13.2 Å². The Morgan fingerprint density at radius 1 is 1.07 bits per heavy atom. The van der Waals surface area contributed by atoms with Crippen LogP contribution in [0.2, 0.25) is 15.1 Å². The molecule has 0 bridgehead atoms. The Bertz CT molecular complexity index is 995. The summed E-state index contributed by atoms with van der Waals surface area (Å²) in [5, 5.41) is 4.13. The van der Waals surface area contributed by atoms with Gasteiger partial charge in [0.15, 0.2) is 18.2 Å². The minimum Gasteiger partial charge on any atom is -0.489 e. The van der Waals surface area contributed by atoms with Crippen molar-refractivity contribution in [2.45, 2.75) is 18.4 Å². The van der Waals surface area contributed by atoms with Crippen LogP contribution in [0.4, 0.5) is 4.39 Å². The van der Waals surface area contributed by atoms with Gasteiger partial charge in [-0.2, -0.15) is 0 Å². The van der Waals surface area contributed by atoms with Gasteiger partial charge >= 0.3 is 0 Å². The highest BCUT2D eigenvalue weighted by Gasteiger charge is 2.59. The van der Waals surface area contributed by atoms with E-state index in [9.17, 15) is 9.18 Å². The Balaban J connectivity index is 1.26. The lowest BCUT2D eigenvalue weighted by Gasteiger charge is -2.26. The Morgan fingerprint density at radius 3 is 2.61 bits per heavy atom. The van der Waals surface area contributed by atoms with E-state index in [2.05, 4.69) is 5.32 Å². The van der Waals surface area contributed by atoms with Crippen molar-refractivity contribution in [2.24, 2.45) is 0 Å². The summed E-state index contributed by atoms with van der Waals surface area (Å²) in [6, 6.07) is 9.15. The molecule has 0 heterocycles. The molecule has 1 N–H and O–H groups in total. The minimum absolute atomic E-state index is 0.00654. The zero-order chi connectivity index (χ0) is 19.9. The Labute approximate surface area is 176 Å². The van der Waals surface area contributed by atoms with Gasteiger partial charge in [0.2, 0.25) is 0 Å². The largest absolute Gasteiger partial charge is 0.489 e. The number of halogens is 4. The first-order valence-corrected chi connectivity index (χ1v) is 9.68. The van der Waals surface area contributed by atoms with Gasteiger partial charge in [-0.25, -0.2) is 4.39 Å². The lowest BCUT2D eigenvalue weighted by molar-refractivity contribution is -0.124. The highest BCUT2D eigenvalue weighted by Crippen LogP contribution is 2.58. The van der Waals surface area contributed by atoms with Crippen molar-refractivity contribution in [3.05, 3.63) is 68.4 Å². The summed E-state index contributed by atoms with van der Waals surface area (Å²) in [4.78, 5) is 12.1. The van der Waals surface area contributed by atoms with Gasteiger partial charge in [-0.1, -0.05) is 34.8 Å². The average Bonchev–Trinajstić information content (AvgIpc) is 3.21. The maximum Gasteiger partial charge on any atom is 0.258 e. The monoisotopic (exact) mass is 441 g/mol. The number of hydrogen-bond acceptors (Lipinski definition) is 3. The molecule has 0 radical (unpaired) electrons. The molecule has 2 aliphatic carbocycles. The smallest absolute Gasteiger partial charge is 0.258 e. The van der Waals surface area contributed by atoms with Gasteiger partial charge in [0.05, 0.1) is 15.6 Å². The van der Waals surface area contributed by atoms with E-state index in [1.54, 1.807) is 18.2 Å². The number of benzene rings is 2. The quantitative estimate of drug-likeness (QED) is 0.599. The lowest BCUT2D eigenvalue weighted by Crippen LogP contribution is -2.44. The fourth-order valence-corrected chi connectivity index (χ4v) is 3.78. The molecule has 0 aliphatic heterocycles. The first-order valence-electron chi connectivity index (χ1n) is 8.54. The van der Waals surface area contributed by atoms with Gasteiger partial charge in [-0.15, -0.1) is 0 Å². The third-order valence-corrected chi connectivity index (χ3v) is 5.78. The van der Waals surface area contributed by atoms with Gasteiger partial charge in [-0.3, -0.25) is 4.79 Å². The number of rotatable bonds is 7. The second kappa shape index (κ2) is 7.47. The van der Waals surface area contributed by atoms with Crippen molar-refractivity contribution in [1.82, 2.24) is 5.32 Å². The van der Waals surface area contributed by atoms with Crippen LogP contribution >= 0.6 is 34.8 Å². The van der Waals surface area contributed by atoms with Crippen LogP contribution < -0.4 is 14.8 Å². The molecule has 1 unspecified atom stereocenters.